The largest absolute Gasteiger partial charge is 0.465 e. The molecule has 3 aromatic rings. The molecule has 0 aliphatic carbocycles. The predicted octanol–water partition coefficient (Wildman–Crippen LogP) is 4.15. The van der Waals surface area contributed by atoms with Crippen LogP contribution in [-0.2, 0) is 20.7 Å². The van der Waals surface area contributed by atoms with Gasteiger partial charge in [0, 0.05) is 46.0 Å². The third-order valence-electron chi connectivity index (χ3n) is 6.47. The van der Waals surface area contributed by atoms with Gasteiger partial charge in [0.15, 0.2) is 17.5 Å². The molecule has 1 aliphatic rings. The number of nitrogens with one attached hydrogen (secondary N) is 2. The summed E-state index contributed by atoms with van der Waals surface area (Å²) in [4.78, 5) is 26.5. The Morgan fingerprint density at radius 2 is 1.87 bits per heavy atom. The van der Waals surface area contributed by atoms with Crippen molar-refractivity contribution in [2.24, 2.45) is 0 Å². The molecular weight excluding hydrogens is 532 g/mol. The number of ether oxygens (including phenoxy) is 2. The van der Waals surface area contributed by atoms with Crippen LogP contribution in [0.5, 0.6) is 0 Å². The molecule has 4 rings (SSSR count). The molecule has 0 radical (unpaired) electrons. The van der Waals surface area contributed by atoms with Crippen LogP contribution >= 0.6 is 11.6 Å². The molecule has 2 amide bonds. The molecule has 0 saturated carbocycles. The number of halogens is 3. The Hall–Kier alpha value is -3.54. The molecule has 2 aromatic carbocycles. The van der Waals surface area contributed by atoms with Gasteiger partial charge in [-0.05, 0) is 29.8 Å². The SMILES string of the molecule is COCCN1C[C@@H](NC(=O)Nc2c(Cl)c(CCOC(C)=O)nn2-c2ccccc2)[C@H](c2ccc(F)c(F)c2)C1. The zero-order chi connectivity index (χ0) is 27.9. The van der Waals surface area contributed by atoms with Crippen LogP contribution in [0.3, 0.4) is 0 Å². The van der Waals surface area contributed by atoms with Gasteiger partial charge in [-0.2, -0.15) is 5.10 Å². The number of anilines is 1. The van der Waals surface area contributed by atoms with Crippen molar-refractivity contribution in [2.75, 3.05) is 45.3 Å². The lowest BCUT2D eigenvalue weighted by Crippen LogP contribution is -2.42. The molecule has 2 heterocycles. The number of methoxy groups -OCH3 is 1. The lowest BCUT2D eigenvalue weighted by Gasteiger charge is -2.21. The lowest BCUT2D eigenvalue weighted by atomic mass is 9.94. The maximum absolute atomic E-state index is 14.0. The molecule has 1 aliphatic heterocycles. The first-order valence-corrected chi connectivity index (χ1v) is 12.8. The van der Waals surface area contributed by atoms with Crippen LogP contribution in [0.2, 0.25) is 5.02 Å². The number of benzene rings is 2. The number of para-hydroxylation sites is 1. The third kappa shape index (κ3) is 7.11. The second-order valence-corrected chi connectivity index (χ2v) is 9.56. The zero-order valence-electron chi connectivity index (χ0n) is 21.6. The van der Waals surface area contributed by atoms with E-state index in [0.29, 0.717) is 43.2 Å². The fourth-order valence-corrected chi connectivity index (χ4v) is 4.85. The Morgan fingerprint density at radius 1 is 1.10 bits per heavy atom. The smallest absolute Gasteiger partial charge is 0.320 e. The van der Waals surface area contributed by atoms with E-state index in [9.17, 15) is 18.4 Å². The molecule has 0 spiro atoms. The standard InChI is InChI=1S/C27H30ClF2N5O4/c1-17(36)39-12-10-23-25(28)26(35(33-23)19-6-4-3-5-7-19)32-27(37)31-24-16-34(11-13-38-2)15-20(24)18-8-9-21(29)22(30)14-18/h3-9,14,20,24H,10-13,15-16H2,1-2H3,(H2,31,32,37)/t20-,24+/m0/s1. The molecule has 0 bridgehead atoms. The quantitative estimate of drug-likeness (QED) is 0.361. The van der Waals surface area contributed by atoms with Gasteiger partial charge in [-0.1, -0.05) is 35.9 Å². The number of carbonyl (C=O) groups is 2. The van der Waals surface area contributed by atoms with E-state index < -0.39 is 29.7 Å². The highest BCUT2D eigenvalue weighted by molar-refractivity contribution is 6.34. The van der Waals surface area contributed by atoms with E-state index in [2.05, 4.69) is 20.6 Å². The number of amides is 2. The number of likely N-dealkylation sites (tertiary alicyclic amines) is 1. The zero-order valence-corrected chi connectivity index (χ0v) is 22.4. The predicted molar refractivity (Wildman–Crippen MR) is 142 cm³/mol. The fourth-order valence-electron chi connectivity index (χ4n) is 4.59. The second kappa shape index (κ2) is 13.0. The van der Waals surface area contributed by atoms with Gasteiger partial charge in [0.05, 0.1) is 30.6 Å². The van der Waals surface area contributed by atoms with Crippen molar-refractivity contribution in [2.45, 2.75) is 25.3 Å². The van der Waals surface area contributed by atoms with Gasteiger partial charge in [0.1, 0.15) is 5.02 Å². The molecule has 9 nitrogen and oxygen atoms in total. The van der Waals surface area contributed by atoms with Gasteiger partial charge >= 0.3 is 12.0 Å². The summed E-state index contributed by atoms with van der Waals surface area (Å²) in [5.74, 6) is -2.32. The number of rotatable bonds is 10. The summed E-state index contributed by atoms with van der Waals surface area (Å²) in [6.07, 6.45) is 0.254. The highest BCUT2D eigenvalue weighted by atomic mass is 35.5. The molecule has 2 atom stereocenters. The van der Waals surface area contributed by atoms with E-state index in [1.165, 1.54) is 23.7 Å². The van der Waals surface area contributed by atoms with Crippen LogP contribution in [0.1, 0.15) is 24.1 Å². The van der Waals surface area contributed by atoms with E-state index in [1.807, 2.05) is 30.3 Å². The summed E-state index contributed by atoms with van der Waals surface area (Å²) in [5.41, 5.74) is 1.70. The maximum Gasteiger partial charge on any atom is 0.320 e. The molecule has 208 valence electrons. The first kappa shape index (κ1) is 28.5. The number of hydrogen-bond donors (Lipinski definition) is 2. The minimum absolute atomic E-state index is 0.0851. The van der Waals surface area contributed by atoms with Crippen molar-refractivity contribution >= 4 is 29.4 Å². The maximum atomic E-state index is 14.0. The van der Waals surface area contributed by atoms with Gasteiger partial charge in [0.2, 0.25) is 0 Å². The average molecular weight is 562 g/mol. The molecule has 1 fully saturated rings. The van der Waals surface area contributed by atoms with Crippen molar-refractivity contribution in [1.82, 2.24) is 20.0 Å². The Labute approximate surface area is 230 Å². The fraction of sp³-hybridized carbons (Fsp3) is 0.370. The lowest BCUT2D eigenvalue weighted by molar-refractivity contribution is -0.140. The van der Waals surface area contributed by atoms with Crippen molar-refractivity contribution in [3.05, 3.63) is 76.4 Å². The number of urea groups is 1. The van der Waals surface area contributed by atoms with Crippen molar-refractivity contribution in [3.63, 3.8) is 0 Å². The number of aromatic nitrogens is 2. The molecule has 1 saturated heterocycles. The summed E-state index contributed by atoms with van der Waals surface area (Å²) in [6.45, 7) is 3.53. The van der Waals surface area contributed by atoms with Gasteiger partial charge in [-0.3, -0.25) is 15.0 Å². The van der Waals surface area contributed by atoms with Crippen molar-refractivity contribution in [1.29, 1.82) is 0 Å². The van der Waals surface area contributed by atoms with E-state index in [0.717, 1.165) is 6.07 Å². The summed E-state index contributed by atoms with van der Waals surface area (Å²) in [6, 6.07) is 12.0. The van der Waals surface area contributed by atoms with Gasteiger partial charge in [-0.25, -0.2) is 18.3 Å². The van der Waals surface area contributed by atoms with E-state index in [1.54, 1.807) is 7.11 Å². The van der Waals surface area contributed by atoms with E-state index >= 15 is 0 Å². The van der Waals surface area contributed by atoms with Crippen LogP contribution in [0, 0.1) is 11.6 Å². The number of hydrogen-bond acceptors (Lipinski definition) is 6. The highest BCUT2D eigenvalue weighted by Crippen LogP contribution is 2.31. The Bertz CT molecular complexity index is 1310. The Kier molecular flexibility index (Phi) is 9.50. The van der Waals surface area contributed by atoms with E-state index in [4.69, 9.17) is 21.1 Å². The summed E-state index contributed by atoms with van der Waals surface area (Å²) in [7, 11) is 1.60. The van der Waals surface area contributed by atoms with Crippen molar-refractivity contribution < 1.29 is 27.8 Å². The highest BCUT2D eigenvalue weighted by Gasteiger charge is 2.35. The summed E-state index contributed by atoms with van der Waals surface area (Å²) in [5, 5.41) is 10.5. The number of carbonyl (C=O) groups excluding carboxylic acids is 2. The first-order valence-electron chi connectivity index (χ1n) is 12.5. The monoisotopic (exact) mass is 561 g/mol. The number of nitrogens with zero attached hydrogens (tertiary/aromatic N) is 3. The number of esters is 1. The third-order valence-corrected chi connectivity index (χ3v) is 6.86. The first-order chi connectivity index (χ1) is 18.8. The van der Waals surface area contributed by atoms with Crippen LogP contribution < -0.4 is 10.6 Å². The van der Waals surface area contributed by atoms with Crippen LogP contribution in [0.4, 0.5) is 19.4 Å². The molecule has 0 unspecified atom stereocenters. The molecule has 12 heteroatoms. The van der Waals surface area contributed by atoms with Crippen LogP contribution in [0.15, 0.2) is 48.5 Å². The normalized spacial score (nSPS) is 17.3. The van der Waals surface area contributed by atoms with Gasteiger partial charge in [-0.15, -0.1) is 0 Å². The Morgan fingerprint density at radius 3 is 2.56 bits per heavy atom. The summed E-state index contributed by atoms with van der Waals surface area (Å²) >= 11 is 6.63. The van der Waals surface area contributed by atoms with Gasteiger partial charge < -0.3 is 14.8 Å². The molecule has 1 aromatic heterocycles. The average Bonchev–Trinajstić information content (AvgIpc) is 3.45. The minimum atomic E-state index is -0.939. The molecule has 39 heavy (non-hydrogen) atoms. The molecular formula is C27H30ClF2N5O4. The minimum Gasteiger partial charge on any atom is -0.465 e. The van der Waals surface area contributed by atoms with Crippen LogP contribution in [-0.4, -0.2) is 72.7 Å². The second-order valence-electron chi connectivity index (χ2n) is 9.18. The van der Waals surface area contributed by atoms with Crippen molar-refractivity contribution in [3.8, 4) is 5.69 Å². The molecule has 2 N–H and O–H groups in total. The van der Waals surface area contributed by atoms with Gasteiger partial charge in [0.25, 0.3) is 0 Å². The van der Waals surface area contributed by atoms with Crippen LogP contribution in [0.25, 0.3) is 5.69 Å². The summed E-state index contributed by atoms with van der Waals surface area (Å²) < 4.78 is 39.3. The Balaban J connectivity index is 1.55. The van der Waals surface area contributed by atoms with E-state index in [-0.39, 0.29) is 29.8 Å². The topological polar surface area (TPSA) is 97.7 Å².